The van der Waals surface area contributed by atoms with E-state index in [1.165, 1.54) is 7.11 Å². The number of carbonyl (C=O) groups excluding carboxylic acids is 2. The van der Waals surface area contributed by atoms with Crippen LogP contribution in [0.4, 0.5) is 13.2 Å². The molecule has 1 aliphatic rings. The molecule has 5 nitrogen and oxygen atoms in total. The molecular weight excluding hydrogens is 315 g/mol. The van der Waals surface area contributed by atoms with Crippen LogP contribution < -0.4 is 4.74 Å². The zero-order valence-electron chi connectivity index (χ0n) is 12.4. The molecule has 1 fully saturated rings. The maximum Gasteiger partial charge on any atom is 0.406 e. The standard InChI is InChI=1S/C15H16F3NO4/c1-22-12-4-2-3-10(5-12)8-23-14(21)11-6-13(20)19(7-11)9-15(16,17)18/h2-5,11H,6-9H2,1H3/t11-/m0/s1. The fourth-order valence-corrected chi connectivity index (χ4v) is 2.33. The summed E-state index contributed by atoms with van der Waals surface area (Å²) >= 11 is 0. The second kappa shape index (κ2) is 6.89. The van der Waals surface area contributed by atoms with E-state index in [0.717, 1.165) is 0 Å². The predicted octanol–water partition coefficient (Wildman–Crippen LogP) is 2.15. The quantitative estimate of drug-likeness (QED) is 0.776. The van der Waals surface area contributed by atoms with E-state index in [1.54, 1.807) is 24.3 Å². The van der Waals surface area contributed by atoms with Gasteiger partial charge in [0.1, 0.15) is 18.9 Å². The Bertz CT molecular complexity index is 588. The number of benzene rings is 1. The summed E-state index contributed by atoms with van der Waals surface area (Å²) in [5, 5.41) is 0. The molecule has 0 N–H and O–H groups in total. The average Bonchev–Trinajstić information content (AvgIpc) is 2.84. The van der Waals surface area contributed by atoms with Gasteiger partial charge in [0.2, 0.25) is 5.91 Å². The summed E-state index contributed by atoms with van der Waals surface area (Å²) < 4.78 is 47.1. The summed E-state index contributed by atoms with van der Waals surface area (Å²) in [5.41, 5.74) is 0.689. The van der Waals surface area contributed by atoms with Gasteiger partial charge in [-0.2, -0.15) is 13.2 Å². The number of amides is 1. The molecule has 1 heterocycles. The van der Waals surface area contributed by atoms with Crippen LogP contribution in [0.1, 0.15) is 12.0 Å². The van der Waals surface area contributed by atoms with Crippen molar-refractivity contribution in [3.63, 3.8) is 0 Å². The van der Waals surface area contributed by atoms with Crippen LogP contribution in [0.2, 0.25) is 0 Å². The molecule has 0 spiro atoms. The molecular formula is C15H16F3NO4. The molecule has 126 valence electrons. The molecule has 1 aromatic rings. The minimum Gasteiger partial charge on any atom is -0.497 e. The second-order valence-electron chi connectivity index (χ2n) is 5.25. The van der Waals surface area contributed by atoms with E-state index in [4.69, 9.17) is 9.47 Å². The van der Waals surface area contributed by atoms with Crippen LogP contribution in [0.25, 0.3) is 0 Å². The fourth-order valence-electron chi connectivity index (χ4n) is 2.33. The van der Waals surface area contributed by atoms with E-state index >= 15 is 0 Å². The number of nitrogens with zero attached hydrogens (tertiary/aromatic N) is 1. The third kappa shape index (κ3) is 4.87. The third-order valence-electron chi connectivity index (χ3n) is 3.43. The number of likely N-dealkylation sites (tertiary alicyclic amines) is 1. The van der Waals surface area contributed by atoms with Gasteiger partial charge in [0.05, 0.1) is 13.0 Å². The number of rotatable bonds is 5. The number of alkyl halides is 3. The van der Waals surface area contributed by atoms with Crippen molar-refractivity contribution in [1.29, 1.82) is 0 Å². The van der Waals surface area contributed by atoms with Crippen molar-refractivity contribution < 1.29 is 32.2 Å². The van der Waals surface area contributed by atoms with E-state index in [1.807, 2.05) is 0 Å². The smallest absolute Gasteiger partial charge is 0.406 e. The average molecular weight is 331 g/mol. The first-order chi connectivity index (χ1) is 10.8. The summed E-state index contributed by atoms with van der Waals surface area (Å²) in [6.45, 7) is -1.64. The van der Waals surface area contributed by atoms with Crippen LogP contribution in [0, 0.1) is 5.92 Å². The minimum absolute atomic E-state index is 0.0278. The van der Waals surface area contributed by atoms with Gasteiger partial charge in [-0.1, -0.05) is 12.1 Å². The van der Waals surface area contributed by atoms with Crippen LogP contribution >= 0.6 is 0 Å². The van der Waals surface area contributed by atoms with Gasteiger partial charge in [0.15, 0.2) is 0 Å². The molecule has 23 heavy (non-hydrogen) atoms. The van der Waals surface area contributed by atoms with E-state index in [9.17, 15) is 22.8 Å². The van der Waals surface area contributed by atoms with Gasteiger partial charge < -0.3 is 14.4 Å². The number of hydrogen-bond donors (Lipinski definition) is 0. The topological polar surface area (TPSA) is 55.8 Å². The van der Waals surface area contributed by atoms with Crippen molar-refractivity contribution in [2.24, 2.45) is 5.92 Å². The van der Waals surface area contributed by atoms with Crippen molar-refractivity contribution in [1.82, 2.24) is 4.90 Å². The molecule has 8 heteroatoms. The minimum atomic E-state index is -4.48. The summed E-state index contributed by atoms with van der Waals surface area (Å²) in [5.74, 6) is -1.63. The number of methoxy groups -OCH3 is 1. The summed E-state index contributed by atoms with van der Waals surface area (Å²) in [6.07, 6.45) is -4.73. The SMILES string of the molecule is COc1cccc(COC(=O)[C@H]2CC(=O)N(CC(F)(F)F)C2)c1. The Morgan fingerprint density at radius 1 is 1.39 bits per heavy atom. The largest absolute Gasteiger partial charge is 0.497 e. The van der Waals surface area contributed by atoms with Gasteiger partial charge >= 0.3 is 12.1 Å². The molecule has 0 aromatic heterocycles. The van der Waals surface area contributed by atoms with Crippen molar-refractivity contribution in [3.05, 3.63) is 29.8 Å². The molecule has 0 radical (unpaired) electrons. The molecule has 1 amide bonds. The summed E-state index contributed by atoms with van der Waals surface area (Å²) in [6, 6.07) is 6.87. The predicted molar refractivity (Wildman–Crippen MR) is 73.5 cm³/mol. The highest BCUT2D eigenvalue weighted by Crippen LogP contribution is 2.25. The lowest BCUT2D eigenvalue weighted by Crippen LogP contribution is -2.35. The Balaban J connectivity index is 1.88. The van der Waals surface area contributed by atoms with Crippen molar-refractivity contribution in [2.45, 2.75) is 19.2 Å². The van der Waals surface area contributed by atoms with Gasteiger partial charge in [-0.05, 0) is 17.7 Å². The van der Waals surface area contributed by atoms with E-state index in [2.05, 4.69) is 0 Å². The molecule has 1 saturated heterocycles. The molecule has 0 unspecified atom stereocenters. The number of hydrogen-bond acceptors (Lipinski definition) is 4. The Kier molecular flexibility index (Phi) is 5.12. The molecule has 0 bridgehead atoms. The molecule has 2 rings (SSSR count). The van der Waals surface area contributed by atoms with Crippen molar-refractivity contribution in [2.75, 3.05) is 20.2 Å². The third-order valence-corrected chi connectivity index (χ3v) is 3.43. The van der Waals surface area contributed by atoms with Gasteiger partial charge in [-0.25, -0.2) is 0 Å². The van der Waals surface area contributed by atoms with Gasteiger partial charge in [-0.3, -0.25) is 9.59 Å². The number of ether oxygens (including phenoxy) is 2. The van der Waals surface area contributed by atoms with Gasteiger partial charge in [0, 0.05) is 13.0 Å². The molecule has 1 aromatic carbocycles. The lowest BCUT2D eigenvalue weighted by molar-refractivity contribution is -0.158. The van der Waals surface area contributed by atoms with Gasteiger partial charge in [-0.15, -0.1) is 0 Å². The van der Waals surface area contributed by atoms with Crippen molar-refractivity contribution in [3.8, 4) is 5.75 Å². The lowest BCUT2D eigenvalue weighted by atomic mass is 10.1. The first-order valence-electron chi connectivity index (χ1n) is 6.92. The first kappa shape index (κ1) is 17.1. The fraction of sp³-hybridized carbons (Fsp3) is 0.467. The maximum absolute atomic E-state index is 12.3. The second-order valence-corrected chi connectivity index (χ2v) is 5.25. The van der Waals surface area contributed by atoms with Crippen LogP contribution in [-0.2, 0) is 20.9 Å². The van der Waals surface area contributed by atoms with E-state index in [0.29, 0.717) is 16.2 Å². The zero-order valence-corrected chi connectivity index (χ0v) is 12.4. The summed E-state index contributed by atoms with van der Waals surface area (Å²) in [4.78, 5) is 24.1. The highest BCUT2D eigenvalue weighted by Gasteiger charge is 2.41. The Morgan fingerprint density at radius 2 is 2.13 bits per heavy atom. The highest BCUT2D eigenvalue weighted by molar-refractivity contribution is 5.86. The van der Waals surface area contributed by atoms with Crippen LogP contribution in [-0.4, -0.2) is 43.2 Å². The maximum atomic E-state index is 12.3. The van der Waals surface area contributed by atoms with E-state index in [-0.39, 0.29) is 19.6 Å². The Labute approximate surface area is 131 Å². The van der Waals surface area contributed by atoms with Crippen LogP contribution in [0.3, 0.4) is 0 Å². The number of esters is 1. The first-order valence-corrected chi connectivity index (χ1v) is 6.92. The van der Waals surface area contributed by atoms with Crippen LogP contribution in [0.15, 0.2) is 24.3 Å². The zero-order chi connectivity index (χ0) is 17.0. The number of halogens is 3. The Hall–Kier alpha value is -2.25. The van der Waals surface area contributed by atoms with E-state index < -0.39 is 30.5 Å². The summed E-state index contributed by atoms with van der Waals surface area (Å²) in [7, 11) is 1.50. The monoisotopic (exact) mass is 331 g/mol. The van der Waals surface area contributed by atoms with Crippen molar-refractivity contribution >= 4 is 11.9 Å². The Morgan fingerprint density at radius 3 is 2.78 bits per heavy atom. The normalized spacial score (nSPS) is 18.2. The lowest BCUT2D eigenvalue weighted by Gasteiger charge is -2.18. The highest BCUT2D eigenvalue weighted by atomic mass is 19.4. The van der Waals surface area contributed by atoms with Crippen LogP contribution in [0.5, 0.6) is 5.75 Å². The molecule has 1 aliphatic heterocycles. The molecule has 1 atom stereocenters. The molecule has 0 aliphatic carbocycles. The molecule has 0 saturated carbocycles. The van der Waals surface area contributed by atoms with Gasteiger partial charge in [0.25, 0.3) is 0 Å². The number of carbonyl (C=O) groups is 2.